The van der Waals surface area contributed by atoms with Crippen LogP contribution in [0.5, 0.6) is 0 Å². The minimum absolute atomic E-state index is 0.403. The van der Waals surface area contributed by atoms with E-state index in [0.29, 0.717) is 47.3 Å². The lowest BCUT2D eigenvalue weighted by Gasteiger charge is -1.95. The molecule has 8 atom stereocenters. The van der Waals surface area contributed by atoms with Crippen LogP contribution in [0.15, 0.2) is 0 Å². The predicted octanol–water partition coefficient (Wildman–Crippen LogP) is 8.00. The van der Waals surface area contributed by atoms with Crippen molar-refractivity contribution in [2.45, 2.75) is 106 Å². The van der Waals surface area contributed by atoms with E-state index < -0.39 is 24.7 Å². The molecule has 4 aliphatic rings. The Balaban J connectivity index is 0.000000187. The molecular weight excluding hydrogens is 364 g/mol. The van der Waals surface area contributed by atoms with Crippen molar-refractivity contribution in [2.75, 3.05) is 0 Å². The van der Waals surface area contributed by atoms with Crippen molar-refractivity contribution in [3.05, 3.63) is 0 Å². The number of halogens is 4. The fourth-order valence-corrected chi connectivity index (χ4v) is 3.48. The van der Waals surface area contributed by atoms with E-state index in [4.69, 9.17) is 0 Å². The lowest BCUT2D eigenvalue weighted by molar-refractivity contribution is 0.402. The highest BCUT2D eigenvalue weighted by atomic mass is 19.1. The predicted molar refractivity (Wildman–Crippen MR) is 111 cm³/mol. The van der Waals surface area contributed by atoms with Gasteiger partial charge in [-0.25, -0.2) is 17.6 Å². The number of hydrogen-bond donors (Lipinski definition) is 0. The molecule has 0 aromatic heterocycles. The average molecular weight is 409 g/mol. The van der Waals surface area contributed by atoms with Crippen LogP contribution in [0, 0.1) is 47.3 Å². The molecule has 4 rings (SSSR count). The molecule has 0 aromatic rings. The Morgan fingerprint density at radius 2 is 0.500 bits per heavy atom. The molecule has 0 nitrogen and oxygen atoms in total. The Morgan fingerprint density at radius 1 is 0.393 bits per heavy atom. The molecule has 0 spiro atoms. The Hall–Kier alpha value is -0.280. The average Bonchev–Trinajstić information content (AvgIpc) is 3.36. The minimum Gasteiger partial charge on any atom is -0.247 e. The molecule has 0 bridgehead atoms. The summed E-state index contributed by atoms with van der Waals surface area (Å²) < 4.78 is 48.1. The largest absolute Gasteiger partial charge is 0.247 e. The summed E-state index contributed by atoms with van der Waals surface area (Å²) in [5.74, 6) is 3.87. The molecular formula is C24H44F4. The van der Waals surface area contributed by atoms with Crippen molar-refractivity contribution >= 4 is 0 Å². The van der Waals surface area contributed by atoms with Crippen molar-refractivity contribution in [1.82, 2.24) is 0 Å². The minimum atomic E-state index is -0.458. The maximum absolute atomic E-state index is 12.0. The topological polar surface area (TPSA) is 0 Å². The van der Waals surface area contributed by atoms with Gasteiger partial charge in [0.05, 0.1) is 0 Å². The van der Waals surface area contributed by atoms with Gasteiger partial charge in [-0.15, -0.1) is 0 Å². The molecule has 4 saturated carbocycles. The number of alkyl halides is 4. The molecule has 0 aliphatic heterocycles. The normalized spacial score (nSPS) is 39.4. The first kappa shape index (κ1) is 25.8. The monoisotopic (exact) mass is 408 g/mol. The first-order valence-electron chi connectivity index (χ1n) is 11.4. The zero-order valence-corrected chi connectivity index (χ0v) is 19.3. The van der Waals surface area contributed by atoms with Gasteiger partial charge in [-0.1, -0.05) is 55.4 Å². The van der Waals surface area contributed by atoms with Crippen molar-refractivity contribution < 1.29 is 17.6 Å². The third kappa shape index (κ3) is 9.96. The zero-order chi connectivity index (χ0) is 21.8. The third-order valence-corrected chi connectivity index (χ3v) is 6.46. The number of hydrogen-bond acceptors (Lipinski definition) is 0. The van der Waals surface area contributed by atoms with Crippen LogP contribution in [-0.2, 0) is 0 Å². The summed E-state index contributed by atoms with van der Waals surface area (Å²) in [4.78, 5) is 0. The summed E-state index contributed by atoms with van der Waals surface area (Å²) in [6, 6.07) is 0. The molecule has 0 radical (unpaired) electrons. The molecule has 28 heavy (non-hydrogen) atoms. The van der Waals surface area contributed by atoms with Crippen LogP contribution >= 0.6 is 0 Å². The molecule has 0 unspecified atom stereocenters. The van der Waals surface area contributed by atoms with Crippen molar-refractivity contribution in [3.63, 3.8) is 0 Å². The van der Waals surface area contributed by atoms with Gasteiger partial charge in [-0.2, -0.15) is 0 Å². The van der Waals surface area contributed by atoms with Gasteiger partial charge in [0.2, 0.25) is 0 Å². The maximum atomic E-state index is 12.0. The second-order valence-corrected chi connectivity index (χ2v) is 10.6. The van der Waals surface area contributed by atoms with E-state index in [1.807, 2.05) is 0 Å². The van der Waals surface area contributed by atoms with Crippen molar-refractivity contribution in [1.29, 1.82) is 0 Å². The van der Waals surface area contributed by atoms with E-state index in [1.165, 1.54) is 0 Å². The first-order valence-corrected chi connectivity index (χ1v) is 11.4. The van der Waals surface area contributed by atoms with E-state index >= 15 is 0 Å². The fraction of sp³-hybridized carbons (Fsp3) is 1.00. The van der Waals surface area contributed by atoms with Crippen LogP contribution in [0.25, 0.3) is 0 Å². The van der Waals surface area contributed by atoms with Crippen LogP contribution < -0.4 is 0 Å². The zero-order valence-electron chi connectivity index (χ0n) is 19.3. The summed E-state index contributed by atoms with van der Waals surface area (Å²) in [7, 11) is 0. The Kier molecular flexibility index (Phi) is 10.3. The van der Waals surface area contributed by atoms with Gasteiger partial charge >= 0.3 is 0 Å². The summed E-state index contributed by atoms with van der Waals surface area (Å²) in [6.07, 6.45) is 1.44. The quantitative estimate of drug-likeness (QED) is 0.413. The summed E-state index contributed by atoms with van der Waals surface area (Å²) in [5, 5.41) is 0. The Morgan fingerprint density at radius 3 is 0.500 bits per heavy atom. The molecule has 4 aliphatic carbocycles. The lowest BCUT2D eigenvalue weighted by atomic mass is 10.1. The van der Waals surface area contributed by atoms with Crippen LogP contribution in [0.3, 0.4) is 0 Å². The van der Waals surface area contributed by atoms with Gasteiger partial charge in [0.1, 0.15) is 24.7 Å². The molecule has 0 amide bonds. The fourth-order valence-electron chi connectivity index (χ4n) is 3.48. The van der Waals surface area contributed by atoms with Gasteiger partial charge in [0.15, 0.2) is 0 Å². The second-order valence-electron chi connectivity index (χ2n) is 10.6. The molecule has 168 valence electrons. The molecule has 0 aromatic carbocycles. The standard InChI is InChI=1S/4C6H11F/c4*1-4(2)5-3-6(5)7/h4*4-6H,3H2,1-2H3/t2*5-,6+;2*5-,6-/m1010/s1. The SMILES string of the molecule is CC(C)[C@@H]1C[C@@H]1F.CC(C)[C@@H]1C[C@H]1F.CC(C)[C@H]1C[C@@H]1F.CC(C)[C@H]1C[C@H]1F. The van der Waals surface area contributed by atoms with Gasteiger partial charge in [0, 0.05) is 0 Å². The summed E-state index contributed by atoms with van der Waals surface area (Å²) in [5.41, 5.74) is 0. The van der Waals surface area contributed by atoms with Gasteiger partial charge in [0.25, 0.3) is 0 Å². The highest BCUT2D eigenvalue weighted by Crippen LogP contribution is 2.41. The molecule has 4 fully saturated rings. The van der Waals surface area contributed by atoms with Crippen molar-refractivity contribution in [3.8, 4) is 0 Å². The molecule has 0 heterocycles. The summed E-state index contributed by atoms with van der Waals surface area (Å²) in [6.45, 7) is 16.6. The van der Waals surface area contributed by atoms with Gasteiger partial charge in [-0.05, 0) is 73.0 Å². The van der Waals surface area contributed by atoms with E-state index in [-0.39, 0.29) is 0 Å². The van der Waals surface area contributed by atoms with Crippen molar-refractivity contribution in [2.24, 2.45) is 47.3 Å². The van der Waals surface area contributed by atoms with Crippen LogP contribution in [0.2, 0.25) is 0 Å². The number of rotatable bonds is 4. The van der Waals surface area contributed by atoms with E-state index in [0.717, 1.165) is 25.7 Å². The highest BCUT2D eigenvalue weighted by Gasteiger charge is 2.40. The molecule has 0 N–H and O–H groups in total. The molecule has 4 heteroatoms. The maximum Gasteiger partial charge on any atom is 0.104 e. The van der Waals surface area contributed by atoms with E-state index in [1.54, 1.807) is 0 Å². The molecule has 0 saturated heterocycles. The first-order chi connectivity index (χ1) is 12.9. The third-order valence-electron chi connectivity index (χ3n) is 6.46. The lowest BCUT2D eigenvalue weighted by Crippen LogP contribution is -1.90. The van der Waals surface area contributed by atoms with Crippen LogP contribution in [0.4, 0.5) is 17.6 Å². The Labute approximate surface area is 171 Å². The van der Waals surface area contributed by atoms with E-state index in [2.05, 4.69) is 55.4 Å². The van der Waals surface area contributed by atoms with Crippen LogP contribution in [0.1, 0.15) is 81.1 Å². The Bertz CT molecular complexity index is 354. The smallest absolute Gasteiger partial charge is 0.104 e. The van der Waals surface area contributed by atoms with Gasteiger partial charge in [-0.3, -0.25) is 0 Å². The summed E-state index contributed by atoms with van der Waals surface area (Å²) >= 11 is 0. The van der Waals surface area contributed by atoms with Gasteiger partial charge < -0.3 is 0 Å². The van der Waals surface area contributed by atoms with Crippen LogP contribution in [-0.4, -0.2) is 24.7 Å². The van der Waals surface area contributed by atoms with E-state index in [9.17, 15) is 17.6 Å². The highest BCUT2D eigenvalue weighted by molar-refractivity contribution is 4.89. The second kappa shape index (κ2) is 11.2.